The number of hydrogen-bond donors (Lipinski definition) is 2. The van der Waals surface area contributed by atoms with E-state index < -0.39 is 0 Å². The molecule has 0 saturated carbocycles. The van der Waals surface area contributed by atoms with Crippen LogP contribution in [0.1, 0.15) is 49.4 Å². The fourth-order valence-corrected chi connectivity index (χ4v) is 3.91. The van der Waals surface area contributed by atoms with Crippen LogP contribution in [-0.2, 0) is 0 Å². The average molecular weight is 357 g/mol. The number of rotatable bonds is 6. The van der Waals surface area contributed by atoms with Gasteiger partial charge in [0.1, 0.15) is 5.75 Å². The maximum atomic E-state index is 12.7. The molecule has 142 valence electrons. The number of hydrogen-bond acceptors (Lipinski definition) is 4. The van der Waals surface area contributed by atoms with Crippen molar-refractivity contribution in [2.24, 2.45) is 5.92 Å². The summed E-state index contributed by atoms with van der Waals surface area (Å²) >= 11 is 0. The molecule has 1 saturated heterocycles. The molecule has 1 atom stereocenters. The predicted molar refractivity (Wildman–Crippen MR) is 105 cm³/mol. The first-order chi connectivity index (χ1) is 12.7. The molecule has 1 aliphatic heterocycles. The quantitative estimate of drug-likeness (QED) is 0.606. The van der Waals surface area contributed by atoms with Gasteiger partial charge in [0.2, 0.25) is 0 Å². The van der Waals surface area contributed by atoms with Gasteiger partial charge in [-0.15, -0.1) is 0 Å². The molecule has 0 spiro atoms. The SMILES string of the molecule is CCOc1cc(N)ccc1C(=O)NC1CCN(CC2CC=CCC2)CC1. The lowest BCUT2D eigenvalue weighted by Gasteiger charge is -2.35. The number of amides is 1. The number of likely N-dealkylation sites (tertiary alicyclic amines) is 1. The van der Waals surface area contributed by atoms with Gasteiger partial charge in [-0.3, -0.25) is 4.79 Å². The van der Waals surface area contributed by atoms with Crippen molar-refractivity contribution in [3.63, 3.8) is 0 Å². The lowest BCUT2D eigenvalue weighted by molar-refractivity contribution is 0.0901. The molecule has 0 bridgehead atoms. The summed E-state index contributed by atoms with van der Waals surface area (Å²) in [6.07, 6.45) is 10.4. The van der Waals surface area contributed by atoms with Crippen LogP contribution in [0.5, 0.6) is 5.75 Å². The molecule has 1 amide bonds. The minimum atomic E-state index is -0.0654. The number of benzene rings is 1. The molecular weight excluding hydrogens is 326 g/mol. The third-order valence-electron chi connectivity index (χ3n) is 5.37. The Hall–Kier alpha value is -2.01. The zero-order valence-electron chi connectivity index (χ0n) is 15.7. The summed E-state index contributed by atoms with van der Waals surface area (Å²) < 4.78 is 5.58. The van der Waals surface area contributed by atoms with Crippen LogP contribution in [0.3, 0.4) is 0 Å². The third kappa shape index (κ3) is 5.01. The van der Waals surface area contributed by atoms with Gasteiger partial charge >= 0.3 is 0 Å². The molecule has 1 aromatic rings. The average Bonchev–Trinajstić information content (AvgIpc) is 2.64. The maximum Gasteiger partial charge on any atom is 0.255 e. The summed E-state index contributed by atoms with van der Waals surface area (Å²) in [5.41, 5.74) is 6.99. The Morgan fingerprint density at radius 1 is 1.27 bits per heavy atom. The highest BCUT2D eigenvalue weighted by Crippen LogP contribution is 2.24. The van der Waals surface area contributed by atoms with Crippen molar-refractivity contribution >= 4 is 11.6 Å². The van der Waals surface area contributed by atoms with Gasteiger partial charge in [0.05, 0.1) is 12.2 Å². The zero-order chi connectivity index (χ0) is 18.4. The Bertz CT molecular complexity index is 636. The van der Waals surface area contributed by atoms with E-state index in [1.165, 1.54) is 25.8 Å². The Labute approximate surface area is 156 Å². The summed E-state index contributed by atoms with van der Waals surface area (Å²) in [5, 5.41) is 3.18. The summed E-state index contributed by atoms with van der Waals surface area (Å²) in [6, 6.07) is 5.46. The molecule has 0 aromatic heterocycles. The molecule has 1 heterocycles. The van der Waals surface area contributed by atoms with Gasteiger partial charge in [-0.2, -0.15) is 0 Å². The molecule has 0 radical (unpaired) electrons. The van der Waals surface area contributed by atoms with E-state index in [9.17, 15) is 4.79 Å². The van der Waals surface area contributed by atoms with Gasteiger partial charge in [-0.1, -0.05) is 12.2 Å². The number of nitrogens with two attached hydrogens (primary N) is 1. The van der Waals surface area contributed by atoms with Gasteiger partial charge in [0, 0.05) is 37.4 Å². The van der Waals surface area contributed by atoms with Gasteiger partial charge in [-0.05, 0) is 57.1 Å². The van der Waals surface area contributed by atoms with Crippen LogP contribution in [0.15, 0.2) is 30.4 Å². The Kier molecular flexibility index (Phi) is 6.56. The van der Waals surface area contributed by atoms with E-state index in [-0.39, 0.29) is 11.9 Å². The second-order valence-electron chi connectivity index (χ2n) is 7.39. The minimum absolute atomic E-state index is 0.0654. The molecule has 1 fully saturated rings. The van der Waals surface area contributed by atoms with Crippen LogP contribution >= 0.6 is 0 Å². The first-order valence-corrected chi connectivity index (χ1v) is 9.86. The Morgan fingerprint density at radius 2 is 2.08 bits per heavy atom. The predicted octanol–water partition coefficient (Wildman–Crippen LogP) is 3.22. The van der Waals surface area contributed by atoms with Crippen molar-refractivity contribution in [2.45, 2.75) is 45.1 Å². The normalized spacial score (nSPS) is 21.5. The Morgan fingerprint density at radius 3 is 2.77 bits per heavy atom. The van der Waals surface area contributed by atoms with E-state index >= 15 is 0 Å². The fourth-order valence-electron chi connectivity index (χ4n) is 3.91. The van der Waals surface area contributed by atoms with E-state index in [2.05, 4.69) is 22.4 Å². The van der Waals surface area contributed by atoms with Crippen molar-refractivity contribution in [2.75, 3.05) is 32.0 Å². The molecule has 5 heteroatoms. The Balaban J connectivity index is 1.49. The van der Waals surface area contributed by atoms with Gasteiger partial charge < -0.3 is 20.7 Å². The second-order valence-corrected chi connectivity index (χ2v) is 7.39. The number of piperidine rings is 1. The molecule has 3 rings (SSSR count). The van der Waals surface area contributed by atoms with Crippen molar-refractivity contribution < 1.29 is 9.53 Å². The summed E-state index contributed by atoms with van der Waals surface area (Å²) in [7, 11) is 0. The van der Waals surface area contributed by atoms with E-state index in [0.717, 1.165) is 31.8 Å². The molecule has 3 N–H and O–H groups in total. The summed E-state index contributed by atoms with van der Waals surface area (Å²) in [6.45, 7) is 5.73. The molecule has 1 unspecified atom stereocenters. The summed E-state index contributed by atoms with van der Waals surface area (Å²) in [4.78, 5) is 15.2. The minimum Gasteiger partial charge on any atom is -0.493 e. The van der Waals surface area contributed by atoms with Crippen LogP contribution in [0.25, 0.3) is 0 Å². The zero-order valence-corrected chi connectivity index (χ0v) is 15.7. The van der Waals surface area contributed by atoms with Crippen molar-refractivity contribution in [1.29, 1.82) is 0 Å². The van der Waals surface area contributed by atoms with Gasteiger partial charge in [0.25, 0.3) is 5.91 Å². The number of allylic oxidation sites excluding steroid dienone is 2. The highest BCUT2D eigenvalue weighted by atomic mass is 16.5. The van der Waals surface area contributed by atoms with E-state index in [4.69, 9.17) is 10.5 Å². The fraction of sp³-hybridized carbons (Fsp3) is 0.571. The molecule has 1 aromatic carbocycles. The highest BCUT2D eigenvalue weighted by molar-refractivity contribution is 5.97. The highest BCUT2D eigenvalue weighted by Gasteiger charge is 2.24. The largest absolute Gasteiger partial charge is 0.493 e. The lowest BCUT2D eigenvalue weighted by atomic mass is 9.93. The van der Waals surface area contributed by atoms with E-state index in [0.29, 0.717) is 23.6 Å². The van der Waals surface area contributed by atoms with Crippen LogP contribution < -0.4 is 15.8 Å². The number of anilines is 1. The molecular formula is C21H31N3O2. The van der Waals surface area contributed by atoms with Crippen LogP contribution in [-0.4, -0.2) is 43.1 Å². The molecule has 1 aliphatic carbocycles. The maximum absolute atomic E-state index is 12.7. The number of carbonyl (C=O) groups excluding carboxylic acids is 1. The number of ether oxygens (including phenoxy) is 1. The molecule has 2 aliphatic rings. The van der Waals surface area contributed by atoms with Crippen LogP contribution in [0, 0.1) is 5.92 Å². The summed E-state index contributed by atoms with van der Waals surface area (Å²) in [5.74, 6) is 1.30. The van der Waals surface area contributed by atoms with Crippen molar-refractivity contribution in [3.05, 3.63) is 35.9 Å². The van der Waals surface area contributed by atoms with Crippen molar-refractivity contribution in [3.8, 4) is 5.75 Å². The monoisotopic (exact) mass is 357 g/mol. The van der Waals surface area contributed by atoms with E-state index in [1.807, 2.05) is 6.92 Å². The van der Waals surface area contributed by atoms with E-state index in [1.54, 1.807) is 18.2 Å². The number of nitrogens with zero attached hydrogens (tertiary/aromatic N) is 1. The molecule has 5 nitrogen and oxygen atoms in total. The molecule has 26 heavy (non-hydrogen) atoms. The van der Waals surface area contributed by atoms with Crippen molar-refractivity contribution in [1.82, 2.24) is 10.2 Å². The first-order valence-electron chi connectivity index (χ1n) is 9.86. The second kappa shape index (κ2) is 9.08. The first kappa shape index (κ1) is 18.8. The smallest absolute Gasteiger partial charge is 0.255 e. The van der Waals surface area contributed by atoms with Crippen LogP contribution in [0.4, 0.5) is 5.69 Å². The number of nitrogen functional groups attached to an aromatic ring is 1. The van der Waals surface area contributed by atoms with Gasteiger partial charge in [-0.25, -0.2) is 0 Å². The number of carbonyl (C=O) groups is 1. The third-order valence-corrected chi connectivity index (χ3v) is 5.37. The topological polar surface area (TPSA) is 67.6 Å². The van der Waals surface area contributed by atoms with Gasteiger partial charge in [0.15, 0.2) is 0 Å². The van der Waals surface area contributed by atoms with Crippen LogP contribution in [0.2, 0.25) is 0 Å². The standard InChI is InChI=1S/C21H31N3O2/c1-2-26-20-14-17(22)8-9-19(20)21(25)23-18-10-12-24(13-11-18)15-16-6-4-3-5-7-16/h3-4,8-9,14,16,18H,2,5-7,10-13,15,22H2,1H3,(H,23,25). The number of nitrogens with one attached hydrogen (secondary N) is 1. The lowest BCUT2D eigenvalue weighted by Crippen LogP contribution is -2.45.